The molecule has 0 aromatic carbocycles. The number of methoxy groups -OCH3 is 1. The van der Waals surface area contributed by atoms with Crippen LogP contribution in [0.15, 0.2) is 0 Å². The largest absolute Gasteiger partial charge is 0.385 e. The van der Waals surface area contributed by atoms with Gasteiger partial charge >= 0.3 is 0 Å². The second-order valence-corrected chi connectivity index (χ2v) is 1.49. The number of hydrogen-bond acceptors (Lipinski definition) is 2. The Labute approximate surface area is 46.1 Å². The van der Waals surface area contributed by atoms with Gasteiger partial charge in [-0.3, -0.25) is 0 Å². The van der Waals surface area contributed by atoms with Crippen LogP contribution in [0, 0.1) is 0 Å². The Kier molecular flexibility index (Phi) is 5.85. The van der Waals surface area contributed by atoms with E-state index in [0.29, 0.717) is 0 Å². The number of ether oxygens (including phenoxy) is 1. The van der Waals surface area contributed by atoms with Gasteiger partial charge < -0.3 is 10.5 Å². The maximum absolute atomic E-state index is 5.21. The van der Waals surface area contributed by atoms with Crippen molar-refractivity contribution in [3.05, 3.63) is 0 Å². The zero-order valence-electron chi connectivity index (χ0n) is 4.81. The summed E-state index contributed by atoms with van der Waals surface area (Å²) in [5.41, 5.74) is 5.21. The molecular weight excluding hydrogens is 90.1 g/mol. The van der Waals surface area contributed by atoms with Gasteiger partial charge in [-0.05, 0) is 19.4 Å². The molecule has 0 unspecified atom stereocenters. The van der Waals surface area contributed by atoms with Gasteiger partial charge in [0.25, 0.3) is 0 Å². The van der Waals surface area contributed by atoms with Gasteiger partial charge in [0.1, 0.15) is 0 Å². The summed E-state index contributed by atoms with van der Waals surface area (Å²) >= 11 is 0. The highest BCUT2D eigenvalue weighted by molar-refractivity contribution is 4.36. The highest BCUT2D eigenvalue weighted by atomic mass is 16.5. The molecule has 0 amide bonds. The van der Waals surface area contributed by atoms with Crippen molar-refractivity contribution in [1.82, 2.24) is 0 Å². The first-order chi connectivity index (χ1) is 3.41. The second kappa shape index (κ2) is 5.92. The smallest absolute Gasteiger partial charge is 0.0462 e. The van der Waals surface area contributed by atoms with E-state index in [0.717, 1.165) is 26.0 Å². The van der Waals surface area contributed by atoms with Gasteiger partial charge in [-0.15, -0.1) is 0 Å². The average molecular weight is 105 g/mol. The molecule has 0 fully saturated rings. The molecule has 0 atom stereocenters. The summed E-state index contributed by atoms with van der Waals surface area (Å²) in [6, 6.07) is 0. The summed E-state index contributed by atoms with van der Waals surface area (Å²) in [6.07, 6.45) is 2.17. The van der Waals surface area contributed by atoms with Crippen LogP contribution in [0.3, 0.4) is 0 Å². The number of nitrogens with two attached hydrogens (primary N) is 1. The van der Waals surface area contributed by atoms with Crippen molar-refractivity contribution in [3.63, 3.8) is 0 Å². The lowest BCUT2D eigenvalue weighted by atomic mass is 10.3. The Hall–Kier alpha value is -0.0800. The van der Waals surface area contributed by atoms with Crippen LogP contribution in [-0.4, -0.2) is 20.3 Å². The van der Waals surface area contributed by atoms with Gasteiger partial charge in [0.05, 0.1) is 0 Å². The van der Waals surface area contributed by atoms with E-state index in [1.54, 1.807) is 7.11 Å². The standard InChI is InChI=1S/C5H13NO.H2/c1-7-5-3-2-4-6;/h2-6H2,1H3;1H. The molecule has 0 saturated carbocycles. The highest BCUT2D eigenvalue weighted by Gasteiger charge is 1.79. The fourth-order valence-electron chi connectivity index (χ4n) is 0.391. The van der Waals surface area contributed by atoms with Crippen LogP contribution in [0.5, 0.6) is 0 Å². The normalized spacial score (nSPS) is 9.43. The van der Waals surface area contributed by atoms with Crippen LogP contribution in [0.4, 0.5) is 0 Å². The van der Waals surface area contributed by atoms with Gasteiger partial charge in [-0.2, -0.15) is 0 Å². The third-order valence-corrected chi connectivity index (χ3v) is 0.803. The van der Waals surface area contributed by atoms with E-state index < -0.39 is 0 Å². The first kappa shape index (κ1) is 6.92. The van der Waals surface area contributed by atoms with E-state index in [9.17, 15) is 0 Å². The van der Waals surface area contributed by atoms with E-state index in [1.807, 2.05) is 0 Å². The van der Waals surface area contributed by atoms with E-state index in [1.165, 1.54) is 0 Å². The molecule has 0 aliphatic carbocycles. The van der Waals surface area contributed by atoms with Crippen LogP contribution in [0.25, 0.3) is 0 Å². The lowest BCUT2D eigenvalue weighted by Gasteiger charge is -1.92. The van der Waals surface area contributed by atoms with Crippen LogP contribution in [-0.2, 0) is 4.74 Å². The van der Waals surface area contributed by atoms with Crippen molar-refractivity contribution in [1.29, 1.82) is 0 Å². The van der Waals surface area contributed by atoms with Crippen molar-refractivity contribution in [3.8, 4) is 0 Å². The molecule has 0 radical (unpaired) electrons. The number of hydrogen-bond donors (Lipinski definition) is 1. The van der Waals surface area contributed by atoms with Crippen LogP contribution in [0.1, 0.15) is 14.3 Å². The van der Waals surface area contributed by atoms with Crippen molar-refractivity contribution in [2.75, 3.05) is 20.3 Å². The third kappa shape index (κ3) is 5.92. The molecule has 46 valence electrons. The molecule has 0 saturated heterocycles. The maximum atomic E-state index is 5.21. The predicted molar refractivity (Wildman–Crippen MR) is 32.3 cm³/mol. The molecule has 2 N–H and O–H groups in total. The molecular formula is C5H15NO. The van der Waals surface area contributed by atoms with Gasteiger partial charge in [0.15, 0.2) is 0 Å². The zero-order chi connectivity index (χ0) is 5.54. The molecule has 0 rings (SSSR count). The lowest BCUT2D eigenvalue weighted by Crippen LogP contribution is -1.99. The Bertz CT molecular complexity index is 31.6. The monoisotopic (exact) mass is 105 g/mol. The summed E-state index contributed by atoms with van der Waals surface area (Å²) in [7, 11) is 1.70. The van der Waals surface area contributed by atoms with Crippen LogP contribution >= 0.6 is 0 Å². The molecule has 2 heteroatoms. The summed E-state index contributed by atoms with van der Waals surface area (Å²) < 4.78 is 4.79. The molecule has 0 heterocycles. The predicted octanol–water partition coefficient (Wildman–Crippen LogP) is 0.618. The molecule has 7 heavy (non-hydrogen) atoms. The average Bonchev–Trinajstić information content (AvgIpc) is 1.69. The first-order valence-corrected chi connectivity index (χ1v) is 2.61. The fourth-order valence-corrected chi connectivity index (χ4v) is 0.391. The van der Waals surface area contributed by atoms with Crippen LogP contribution in [0.2, 0.25) is 0 Å². The summed E-state index contributed by atoms with van der Waals surface area (Å²) in [5, 5.41) is 0. The lowest BCUT2D eigenvalue weighted by molar-refractivity contribution is 0.193. The molecule has 0 aromatic rings. The van der Waals surface area contributed by atoms with Crippen molar-refractivity contribution < 1.29 is 6.16 Å². The number of rotatable bonds is 4. The van der Waals surface area contributed by atoms with Gasteiger partial charge in [0.2, 0.25) is 0 Å². The SMILES string of the molecule is COCCCCN.[HH]. The van der Waals surface area contributed by atoms with E-state index in [4.69, 9.17) is 10.5 Å². The van der Waals surface area contributed by atoms with E-state index in [-0.39, 0.29) is 1.43 Å². The highest BCUT2D eigenvalue weighted by Crippen LogP contribution is 1.83. The van der Waals surface area contributed by atoms with E-state index >= 15 is 0 Å². The quantitative estimate of drug-likeness (QED) is 0.532. The summed E-state index contributed by atoms with van der Waals surface area (Å²) in [6.45, 7) is 1.63. The second-order valence-electron chi connectivity index (χ2n) is 1.49. The fraction of sp³-hybridized carbons (Fsp3) is 1.00. The van der Waals surface area contributed by atoms with Crippen LogP contribution < -0.4 is 5.73 Å². The topological polar surface area (TPSA) is 35.2 Å². The maximum Gasteiger partial charge on any atom is 0.0462 e. The Morgan fingerprint density at radius 1 is 1.57 bits per heavy atom. The minimum absolute atomic E-state index is 0. The third-order valence-electron chi connectivity index (χ3n) is 0.803. The van der Waals surface area contributed by atoms with Gasteiger partial charge in [0, 0.05) is 15.1 Å². The first-order valence-electron chi connectivity index (χ1n) is 2.61. The molecule has 0 aliphatic heterocycles. The molecule has 0 aliphatic rings. The van der Waals surface area contributed by atoms with Crippen molar-refractivity contribution in [2.24, 2.45) is 5.73 Å². The molecule has 0 aromatic heterocycles. The Morgan fingerprint density at radius 2 is 2.29 bits per heavy atom. The van der Waals surface area contributed by atoms with E-state index in [2.05, 4.69) is 0 Å². The minimum atomic E-state index is 0. The Balaban J connectivity index is 0. The molecule has 0 bridgehead atoms. The summed E-state index contributed by atoms with van der Waals surface area (Å²) in [5.74, 6) is 0. The zero-order valence-corrected chi connectivity index (χ0v) is 4.81. The minimum Gasteiger partial charge on any atom is -0.385 e. The van der Waals surface area contributed by atoms with Gasteiger partial charge in [-0.25, -0.2) is 0 Å². The number of unbranched alkanes of at least 4 members (excludes halogenated alkanes) is 1. The Morgan fingerprint density at radius 3 is 2.71 bits per heavy atom. The molecule has 2 nitrogen and oxygen atoms in total. The van der Waals surface area contributed by atoms with Crippen molar-refractivity contribution >= 4 is 0 Å². The van der Waals surface area contributed by atoms with Crippen molar-refractivity contribution in [2.45, 2.75) is 12.8 Å². The van der Waals surface area contributed by atoms with Gasteiger partial charge in [-0.1, -0.05) is 0 Å². The summed E-state index contributed by atoms with van der Waals surface area (Å²) in [4.78, 5) is 0. The molecule has 0 spiro atoms.